The third kappa shape index (κ3) is 2.83. The lowest BCUT2D eigenvalue weighted by atomic mass is 9.91. The molecule has 1 aromatic heterocycles. The number of aromatic nitrogens is 1. The minimum Gasteiger partial charge on any atom is -0.385 e. The quantitative estimate of drug-likeness (QED) is 0.875. The molecular formula is C13H13Cl2NO. The summed E-state index contributed by atoms with van der Waals surface area (Å²) in [5.41, 5.74) is 0.617. The van der Waals surface area contributed by atoms with Gasteiger partial charge in [0, 0.05) is 33.9 Å². The fraction of sp³-hybridized carbons (Fsp3) is 0.231. The van der Waals surface area contributed by atoms with Crippen LogP contribution in [0.1, 0.15) is 18.2 Å². The third-order valence-corrected chi connectivity index (χ3v) is 3.26. The number of hydrogen-bond donors (Lipinski definition) is 2. The van der Waals surface area contributed by atoms with E-state index >= 15 is 0 Å². The van der Waals surface area contributed by atoms with E-state index in [9.17, 15) is 5.11 Å². The minimum atomic E-state index is -1.02. The summed E-state index contributed by atoms with van der Waals surface area (Å²) >= 11 is 11.9. The molecule has 0 saturated carbocycles. The average Bonchev–Trinajstić information content (AvgIpc) is 2.68. The highest BCUT2D eigenvalue weighted by molar-refractivity contribution is 6.35. The van der Waals surface area contributed by atoms with Gasteiger partial charge in [-0.1, -0.05) is 29.3 Å². The van der Waals surface area contributed by atoms with Crippen molar-refractivity contribution in [1.29, 1.82) is 0 Å². The smallest absolute Gasteiger partial charge is 0.0937 e. The van der Waals surface area contributed by atoms with Gasteiger partial charge in [0.1, 0.15) is 0 Å². The number of aromatic amines is 1. The maximum atomic E-state index is 10.5. The predicted molar refractivity (Wildman–Crippen MR) is 70.5 cm³/mol. The van der Waals surface area contributed by atoms with Crippen molar-refractivity contribution in [2.45, 2.75) is 18.9 Å². The van der Waals surface area contributed by atoms with E-state index in [1.54, 1.807) is 25.1 Å². The van der Waals surface area contributed by atoms with Gasteiger partial charge in [-0.15, -0.1) is 0 Å². The van der Waals surface area contributed by atoms with Crippen molar-refractivity contribution in [2.75, 3.05) is 0 Å². The molecule has 1 heterocycles. The Balaban J connectivity index is 2.30. The van der Waals surface area contributed by atoms with Crippen molar-refractivity contribution in [2.24, 2.45) is 0 Å². The van der Waals surface area contributed by atoms with E-state index in [4.69, 9.17) is 23.2 Å². The summed E-state index contributed by atoms with van der Waals surface area (Å²) in [5.74, 6) is 0. The molecule has 2 rings (SSSR count). The maximum absolute atomic E-state index is 10.5. The molecule has 1 unspecified atom stereocenters. The molecule has 4 heteroatoms. The molecule has 0 aliphatic heterocycles. The van der Waals surface area contributed by atoms with Crippen LogP contribution in [0.15, 0.2) is 36.5 Å². The number of nitrogens with one attached hydrogen (secondary N) is 1. The van der Waals surface area contributed by atoms with E-state index in [0.29, 0.717) is 22.0 Å². The SMILES string of the molecule is CC(O)(Cc1ccc[nH]1)c1ccc(Cl)cc1Cl. The molecule has 2 nitrogen and oxygen atoms in total. The standard InChI is InChI=1S/C13H13Cl2NO/c1-13(17,8-10-3-2-6-16-10)11-5-4-9(14)7-12(11)15/h2-7,16-17H,8H2,1H3. The van der Waals surface area contributed by atoms with Crippen molar-refractivity contribution in [3.05, 3.63) is 57.8 Å². The number of rotatable bonds is 3. The van der Waals surface area contributed by atoms with E-state index in [1.165, 1.54) is 0 Å². The zero-order valence-electron chi connectivity index (χ0n) is 9.37. The molecule has 2 N–H and O–H groups in total. The summed E-state index contributed by atoms with van der Waals surface area (Å²) in [5, 5.41) is 11.5. The van der Waals surface area contributed by atoms with Crippen LogP contribution in [0.5, 0.6) is 0 Å². The van der Waals surface area contributed by atoms with Gasteiger partial charge in [0.15, 0.2) is 0 Å². The van der Waals surface area contributed by atoms with Crippen LogP contribution in [0.4, 0.5) is 0 Å². The van der Waals surface area contributed by atoms with E-state index in [0.717, 1.165) is 5.69 Å². The highest BCUT2D eigenvalue weighted by Gasteiger charge is 2.26. The summed E-state index contributed by atoms with van der Waals surface area (Å²) < 4.78 is 0. The van der Waals surface area contributed by atoms with Crippen molar-refractivity contribution >= 4 is 23.2 Å². The van der Waals surface area contributed by atoms with Gasteiger partial charge in [0.2, 0.25) is 0 Å². The Morgan fingerprint density at radius 1 is 1.29 bits per heavy atom. The van der Waals surface area contributed by atoms with Crippen molar-refractivity contribution in [3.63, 3.8) is 0 Å². The molecule has 0 saturated heterocycles. The Labute approximate surface area is 110 Å². The number of aliphatic hydroxyl groups is 1. The maximum Gasteiger partial charge on any atom is 0.0937 e. The molecular weight excluding hydrogens is 257 g/mol. The molecule has 90 valence electrons. The molecule has 0 aliphatic rings. The highest BCUT2D eigenvalue weighted by Crippen LogP contribution is 2.32. The molecule has 0 bridgehead atoms. The fourth-order valence-corrected chi connectivity index (χ4v) is 2.48. The molecule has 0 spiro atoms. The normalized spacial score (nSPS) is 14.6. The summed E-state index contributed by atoms with van der Waals surface area (Å²) in [7, 11) is 0. The molecule has 2 aromatic rings. The topological polar surface area (TPSA) is 36.0 Å². The Bertz CT molecular complexity index is 506. The van der Waals surface area contributed by atoms with Gasteiger partial charge in [-0.3, -0.25) is 0 Å². The Morgan fingerprint density at radius 3 is 2.65 bits per heavy atom. The molecule has 1 aromatic carbocycles. The van der Waals surface area contributed by atoms with E-state index in [1.807, 2.05) is 18.3 Å². The Kier molecular flexibility index (Phi) is 3.48. The monoisotopic (exact) mass is 269 g/mol. The van der Waals surface area contributed by atoms with E-state index in [-0.39, 0.29) is 0 Å². The number of hydrogen-bond acceptors (Lipinski definition) is 1. The van der Waals surface area contributed by atoms with Crippen LogP contribution < -0.4 is 0 Å². The molecule has 0 amide bonds. The summed E-state index contributed by atoms with van der Waals surface area (Å²) in [6.07, 6.45) is 2.30. The molecule has 0 fully saturated rings. The zero-order valence-corrected chi connectivity index (χ0v) is 10.9. The van der Waals surface area contributed by atoms with Crippen LogP contribution in [0.3, 0.4) is 0 Å². The lowest BCUT2D eigenvalue weighted by Crippen LogP contribution is -2.24. The van der Waals surface area contributed by atoms with Gasteiger partial charge >= 0.3 is 0 Å². The molecule has 0 aliphatic carbocycles. The Hall–Kier alpha value is -0.960. The number of benzene rings is 1. The lowest BCUT2D eigenvalue weighted by molar-refractivity contribution is 0.0568. The molecule has 0 radical (unpaired) electrons. The van der Waals surface area contributed by atoms with Gasteiger partial charge in [0.05, 0.1) is 5.60 Å². The second kappa shape index (κ2) is 4.73. The predicted octanol–water partition coefficient (Wildman–Crippen LogP) is 3.77. The van der Waals surface area contributed by atoms with Crippen LogP contribution in [0, 0.1) is 0 Å². The first kappa shape index (κ1) is 12.5. The average molecular weight is 270 g/mol. The van der Waals surface area contributed by atoms with Crippen LogP contribution in [-0.4, -0.2) is 10.1 Å². The van der Waals surface area contributed by atoms with Gasteiger partial charge in [-0.2, -0.15) is 0 Å². The van der Waals surface area contributed by atoms with Crippen LogP contribution in [-0.2, 0) is 12.0 Å². The van der Waals surface area contributed by atoms with Crippen molar-refractivity contribution in [1.82, 2.24) is 4.98 Å². The molecule has 17 heavy (non-hydrogen) atoms. The number of H-pyrrole nitrogens is 1. The van der Waals surface area contributed by atoms with Crippen LogP contribution in [0.2, 0.25) is 10.0 Å². The Morgan fingerprint density at radius 2 is 2.06 bits per heavy atom. The minimum absolute atomic E-state index is 0.474. The third-order valence-electron chi connectivity index (χ3n) is 2.71. The fourth-order valence-electron chi connectivity index (χ4n) is 1.87. The van der Waals surface area contributed by atoms with E-state index < -0.39 is 5.60 Å². The first-order valence-electron chi connectivity index (χ1n) is 5.29. The zero-order chi connectivity index (χ0) is 12.5. The second-order valence-corrected chi connectivity index (χ2v) is 5.11. The first-order valence-corrected chi connectivity index (χ1v) is 6.05. The van der Waals surface area contributed by atoms with Gasteiger partial charge in [-0.25, -0.2) is 0 Å². The van der Waals surface area contributed by atoms with Gasteiger partial charge in [0.25, 0.3) is 0 Å². The van der Waals surface area contributed by atoms with Gasteiger partial charge in [-0.05, 0) is 31.2 Å². The summed E-state index contributed by atoms with van der Waals surface area (Å²) in [6, 6.07) is 8.95. The van der Waals surface area contributed by atoms with Crippen LogP contribution in [0.25, 0.3) is 0 Å². The van der Waals surface area contributed by atoms with Crippen molar-refractivity contribution < 1.29 is 5.11 Å². The summed E-state index contributed by atoms with van der Waals surface area (Å²) in [4.78, 5) is 3.06. The lowest BCUT2D eigenvalue weighted by Gasteiger charge is -2.24. The van der Waals surface area contributed by atoms with Crippen LogP contribution >= 0.6 is 23.2 Å². The largest absolute Gasteiger partial charge is 0.385 e. The first-order chi connectivity index (χ1) is 7.99. The highest BCUT2D eigenvalue weighted by atomic mass is 35.5. The summed E-state index contributed by atoms with van der Waals surface area (Å²) in [6.45, 7) is 1.74. The number of halogens is 2. The van der Waals surface area contributed by atoms with E-state index in [2.05, 4.69) is 4.98 Å². The molecule has 1 atom stereocenters. The van der Waals surface area contributed by atoms with Gasteiger partial charge < -0.3 is 10.1 Å². The second-order valence-electron chi connectivity index (χ2n) is 4.27. The van der Waals surface area contributed by atoms with Crippen molar-refractivity contribution in [3.8, 4) is 0 Å².